The molecule has 0 amide bonds. The van der Waals surface area contributed by atoms with E-state index in [-0.39, 0.29) is 11.6 Å². The minimum Gasteiger partial charge on any atom is -0.493 e. The first kappa shape index (κ1) is 19.9. The summed E-state index contributed by atoms with van der Waals surface area (Å²) in [6, 6.07) is 14.2. The maximum absolute atomic E-state index is 11.5. The lowest BCUT2D eigenvalue weighted by Crippen LogP contribution is -2.19. The van der Waals surface area contributed by atoms with E-state index in [0.29, 0.717) is 28.2 Å². The third-order valence-corrected chi connectivity index (χ3v) is 5.55. The van der Waals surface area contributed by atoms with Gasteiger partial charge in [0, 0.05) is 29.4 Å². The Bertz CT molecular complexity index is 1660. The normalized spacial score (nSPS) is 14.7. The predicted octanol–water partition coefficient (Wildman–Crippen LogP) is 1.87. The van der Waals surface area contributed by atoms with Crippen LogP contribution >= 0.6 is 0 Å². The van der Waals surface area contributed by atoms with Gasteiger partial charge in [-0.05, 0) is 54.3 Å². The van der Waals surface area contributed by atoms with Gasteiger partial charge in [-0.1, -0.05) is 12.1 Å². The first-order valence-corrected chi connectivity index (χ1v) is 10.9. The van der Waals surface area contributed by atoms with E-state index in [1.54, 1.807) is 29.2 Å². The molecule has 1 fully saturated rings. The van der Waals surface area contributed by atoms with Gasteiger partial charge >= 0.3 is 5.69 Å². The molecule has 10 heteroatoms. The van der Waals surface area contributed by atoms with Crippen molar-refractivity contribution in [1.82, 2.24) is 29.5 Å². The molecule has 0 bridgehead atoms. The highest BCUT2D eigenvalue weighted by Gasteiger charge is 2.20. The van der Waals surface area contributed by atoms with Crippen molar-refractivity contribution in [2.75, 3.05) is 5.32 Å². The van der Waals surface area contributed by atoms with E-state index < -0.39 is 5.69 Å². The number of anilines is 2. The fourth-order valence-corrected chi connectivity index (χ4v) is 3.70. The lowest BCUT2D eigenvalue weighted by molar-refractivity contribution is 0.454. The smallest absolute Gasteiger partial charge is 0.326 e. The molecule has 10 nitrogen and oxygen atoms in total. The first-order chi connectivity index (χ1) is 16.6. The number of H-pyrrole nitrogens is 2. The van der Waals surface area contributed by atoms with Crippen LogP contribution in [0.15, 0.2) is 70.8 Å². The Labute approximate surface area is 192 Å². The molecule has 34 heavy (non-hydrogen) atoms. The molecule has 0 radical (unpaired) electrons. The zero-order valence-corrected chi connectivity index (χ0v) is 17.9. The third kappa shape index (κ3) is 3.92. The van der Waals surface area contributed by atoms with Crippen LogP contribution in [0.5, 0.6) is 5.88 Å². The summed E-state index contributed by atoms with van der Waals surface area (Å²) in [5.41, 5.74) is 4.08. The predicted molar refractivity (Wildman–Crippen MR) is 126 cm³/mol. The fourth-order valence-electron chi connectivity index (χ4n) is 3.70. The van der Waals surface area contributed by atoms with E-state index in [1.807, 2.05) is 42.5 Å². The van der Waals surface area contributed by atoms with Gasteiger partial charge in [-0.15, -0.1) is 0 Å². The topological polar surface area (TPSA) is 136 Å². The van der Waals surface area contributed by atoms with Crippen LogP contribution in [0, 0.1) is 0 Å². The van der Waals surface area contributed by atoms with Crippen LogP contribution in [0.3, 0.4) is 0 Å². The van der Waals surface area contributed by atoms with E-state index in [0.717, 1.165) is 29.7 Å². The molecule has 1 saturated carbocycles. The summed E-state index contributed by atoms with van der Waals surface area (Å²) in [6.07, 6.45) is 8.91. The lowest BCUT2D eigenvalue weighted by Gasteiger charge is -2.08. The minimum absolute atomic E-state index is 0.240. The third-order valence-electron chi connectivity index (χ3n) is 5.55. The first-order valence-electron chi connectivity index (χ1n) is 10.9. The standard InChI is InChI=1S/C24H20N8O2/c33-23-19(29-24(34)31-23)11-16-13-26-32-21(28-18-5-6-18)12-20(30-22(16)32)27-17-3-1-14(2-4-17)15-7-9-25-10-8-15/h1-4,7-13,18,27,33H,5-6H2,(H2,29,31,34)/b16-11-,28-21?. The highest BCUT2D eigenvalue weighted by atomic mass is 16.3. The van der Waals surface area contributed by atoms with Crippen molar-refractivity contribution in [3.8, 4) is 17.0 Å². The SMILES string of the molecule is O=c1[nH]c(O)c(/C=c2/cnn3c(=NC4CC4)cc(Nc4ccc(-c5ccncc5)cc4)nc23)[nH]1. The molecule has 1 aromatic carbocycles. The van der Waals surface area contributed by atoms with Crippen molar-refractivity contribution < 1.29 is 5.11 Å². The molecule has 1 aliphatic rings. The number of nitrogens with zero attached hydrogens (tertiary/aromatic N) is 5. The number of imidazole rings is 1. The molecule has 0 unspecified atom stereocenters. The summed E-state index contributed by atoms with van der Waals surface area (Å²) in [5, 5.41) is 18.4. The van der Waals surface area contributed by atoms with Crippen LogP contribution < -0.4 is 21.7 Å². The maximum Gasteiger partial charge on any atom is 0.326 e. The molecule has 4 aromatic heterocycles. The Morgan fingerprint density at radius 1 is 1.09 bits per heavy atom. The van der Waals surface area contributed by atoms with Gasteiger partial charge in [-0.3, -0.25) is 15.0 Å². The lowest BCUT2D eigenvalue weighted by atomic mass is 10.1. The van der Waals surface area contributed by atoms with Crippen molar-refractivity contribution in [3.05, 3.63) is 87.9 Å². The highest BCUT2D eigenvalue weighted by molar-refractivity contribution is 5.68. The van der Waals surface area contributed by atoms with Crippen LogP contribution in [0.4, 0.5) is 11.5 Å². The summed E-state index contributed by atoms with van der Waals surface area (Å²) in [6.45, 7) is 0. The number of fused-ring (bicyclic) bond motifs is 1. The highest BCUT2D eigenvalue weighted by Crippen LogP contribution is 2.23. The Morgan fingerprint density at radius 3 is 2.56 bits per heavy atom. The number of benzene rings is 1. The van der Waals surface area contributed by atoms with E-state index in [4.69, 9.17) is 9.98 Å². The number of hydrogen-bond acceptors (Lipinski definition) is 7. The number of aromatic hydroxyl groups is 1. The van der Waals surface area contributed by atoms with Gasteiger partial charge in [-0.25, -0.2) is 9.78 Å². The summed E-state index contributed by atoms with van der Waals surface area (Å²) in [7, 11) is 0. The second kappa shape index (κ2) is 8.00. The summed E-state index contributed by atoms with van der Waals surface area (Å²) < 4.78 is 1.67. The van der Waals surface area contributed by atoms with Crippen LogP contribution in [0.2, 0.25) is 0 Å². The number of aromatic nitrogens is 6. The van der Waals surface area contributed by atoms with Crippen molar-refractivity contribution >= 4 is 23.2 Å². The summed E-state index contributed by atoms with van der Waals surface area (Å²) in [5.74, 6) is 0.376. The Morgan fingerprint density at radius 2 is 1.85 bits per heavy atom. The summed E-state index contributed by atoms with van der Waals surface area (Å²) >= 11 is 0. The minimum atomic E-state index is -0.491. The van der Waals surface area contributed by atoms with Gasteiger partial charge in [0.2, 0.25) is 5.88 Å². The fraction of sp³-hybridized carbons (Fsp3) is 0.125. The van der Waals surface area contributed by atoms with Gasteiger partial charge in [0.05, 0.1) is 12.2 Å². The van der Waals surface area contributed by atoms with Gasteiger partial charge in [-0.2, -0.15) is 9.61 Å². The van der Waals surface area contributed by atoms with Crippen LogP contribution in [-0.2, 0) is 0 Å². The second-order valence-corrected chi connectivity index (χ2v) is 8.12. The van der Waals surface area contributed by atoms with Gasteiger partial charge in [0.25, 0.3) is 0 Å². The summed E-state index contributed by atoms with van der Waals surface area (Å²) in [4.78, 5) is 29.9. The second-order valence-electron chi connectivity index (χ2n) is 8.12. The maximum atomic E-state index is 11.5. The molecule has 4 N–H and O–H groups in total. The van der Waals surface area contributed by atoms with Gasteiger partial charge in [0.15, 0.2) is 11.1 Å². The molecular weight excluding hydrogens is 432 g/mol. The van der Waals surface area contributed by atoms with Crippen molar-refractivity contribution in [2.24, 2.45) is 4.99 Å². The zero-order chi connectivity index (χ0) is 23.1. The van der Waals surface area contributed by atoms with Gasteiger partial charge in [0.1, 0.15) is 11.5 Å². The molecule has 168 valence electrons. The molecule has 4 heterocycles. The molecule has 0 aliphatic heterocycles. The van der Waals surface area contributed by atoms with Crippen molar-refractivity contribution in [1.29, 1.82) is 0 Å². The average Bonchev–Trinajstić information content (AvgIpc) is 3.48. The number of pyridine rings is 1. The number of nitrogens with one attached hydrogen (secondary N) is 3. The van der Waals surface area contributed by atoms with Crippen LogP contribution in [-0.4, -0.2) is 40.7 Å². The Balaban J connectivity index is 1.41. The largest absolute Gasteiger partial charge is 0.493 e. The molecule has 0 saturated heterocycles. The van der Waals surface area contributed by atoms with Crippen molar-refractivity contribution in [3.63, 3.8) is 0 Å². The van der Waals surface area contributed by atoms with Gasteiger partial charge < -0.3 is 15.4 Å². The molecular formula is C24H20N8O2. The number of rotatable bonds is 5. The van der Waals surface area contributed by atoms with E-state index in [1.165, 1.54) is 0 Å². The number of hydrogen-bond donors (Lipinski definition) is 4. The quantitative estimate of drug-likeness (QED) is 0.321. The monoisotopic (exact) mass is 452 g/mol. The molecule has 6 rings (SSSR count). The molecule has 0 atom stereocenters. The van der Waals surface area contributed by atoms with E-state index >= 15 is 0 Å². The van der Waals surface area contributed by atoms with Crippen LogP contribution in [0.1, 0.15) is 18.5 Å². The molecule has 0 spiro atoms. The average molecular weight is 452 g/mol. The Kier molecular flexibility index (Phi) is 4.69. The van der Waals surface area contributed by atoms with Crippen molar-refractivity contribution in [2.45, 2.75) is 18.9 Å². The van der Waals surface area contributed by atoms with Crippen LogP contribution in [0.25, 0.3) is 22.9 Å². The zero-order valence-electron chi connectivity index (χ0n) is 17.9. The van der Waals surface area contributed by atoms with E-state index in [9.17, 15) is 9.90 Å². The molecule has 1 aliphatic carbocycles. The molecule has 5 aromatic rings. The number of aromatic amines is 2. The van der Waals surface area contributed by atoms with E-state index in [2.05, 4.69) is 25.4 Å². The Hall–Kier alpha value is -4.73.